The lowest BCUT2D eigenvalue weighted by molar-refractivity contribution is 0.282. The van der Waals surface area contributed by atoms with Gasteiger partial charge < -0.3 is 5.11 Å². The second-order valence-corrected chi connectivity index (χ2v) is 7.31. The first kappa shape index (κ1) is 18.1. The van der Waals surface area contributed by atoms with Gasteiger partial charge in [0.25, 0.3) is 0 Å². The summed E-state index contributed by atoms with van der Waals surface area (Å²) >= 11 is 0. The maximum absolute atomic E-state index is 12.1. The summed E-state index contributed by atoms with van der Waals surface area (Å²) in [7, 11) is -3.30. The van der Waals surface area contributed by atoms with Crippen molar-refractivity contribution in [1.82, 2.24) is 4.72 Å². The van der Waals surface area contributed by atoms with Gasteiger partial charge in [0.15, 0.2) is 0 Å². The van der Waals surface area contributed by atoms with Crippen LogP contribution in [0.25, 0.3) is 0 Å². The molecule has 0 saturated heterocycles. The Bertz CT molecular complexity index is 497. The standard InChI is InChI=1S/C16H27NO3S/c1-3-5-6-14(4-2)11-17-21(19,20)13-16-9-7-15(12-18)8-10-16/h7-10,14,17-18H,3-6,11-13H2,1-2H3. The summed E-state index contributed by atoms with van der Waals surface area (Å²) in [5.74, 6) is 0.402. The van der Waals surface area contributed by atoms with E-state index in [0.29, 0.717) is 12.5 Å². The Kier molecular flexibility index (Phi) is 7.93. The molecule has 0 radical (unpaired) electrons. The lowest BCUT2D eigenvalue weighted by atomic mass is 10.00. The van der Waals surface area contributed by atoms with E-state index in [1.807, 2.05) is 0 Å². The van der Waals surface area contributed by atoms with Crippen molar-refractivity contribution >= 4 is 10.0 Å². The van der Waals surface area contributed by atoms with E-state index >= 15 is 0 Å². The number of unbranched alkanes of at least 4 members (excludes halogenated alkanes) is 1. The van der Waals surface area contributed by atoms with Gasteiger partial charge in [-0.05, 0) is 23.5 Å². The summed E-state index contributed by atoms with van der Waals surface area (Å²) in [5.41, 5.74) is 1.52. The van der Waals surface area contributed by atoms with Crippen LogP contribution < -0.4 is 4.72 Å². The fourth-order valence-corrected chi connectivity index (χ4v) is 3.42. The van der Waals surface area contributed by atoms with Crippen molar-refractivity contribution in [2.75, 3.05) is 6.54 Å². The van der Waals surface area contributed by atoms with Crippen molar-refractivity contribution < 1.29 is 13.5 Å². The number of benzene rings is 1. The first-order chi connectivity index (χ1) is 10.0. The predicted octanol–water partition coefficient (Wildman–Crippen LogP) is 2.81. The van der Waals surface area contributed by atoms with Crippen LogP contribution >= 0.6 is 0 Å². The van der Waals surface area contributed by atoms with Crippen LogP contribution in [0, 0.1) is 5.92 Å². The van der Waals surface area contributed by atoms with E-state index in [1.54, 1.807) is 24.3 Å². The first-order valence-electron chi connectivity index (χ1n) is 7.66. The quantitative estimate of drug-likeness (QED) is 0.698. The molecule has 0 aliphatic carbocycles. The van der Waals surface area contributed by atoms with Crippen molar-refractivity contribution in [3.63, 3.8) is 0 Å². The molecular weight excluding hydrogens is 286 g/mol. The molecule has 1 unspecified atom stereocenters. The average molecular weight is 313 g/mol. The van der Waals surface area contributed by atoms with Gasteiger partial charge in [-0.25, -0.2) is 13.1 Å². The molecule has 120 valence electrons. The van der Waals surface area contributed by atoms with Crippen LogP contribution in [0.15, 0.2) is 24.3 Å². The molecule has 0 amide bonds. The fourth-order valence-electron chi connectivity index (χ4n) is 2.20. The largest absolute Gasteiger partial charge is 0.392 e. The maximum atomic E-state index is 12.1. The molecule has 1 aromatic carbocycles. The predicted molar refractivity (Wildman–Crippen MR) is 86.3 cm³/mol. The SMILES string of the molecule is CCCCC(CC)CNS(=O)(=O)Cc1ccc(CO)cc1. The second-order valence-electron chi connectivity index (χ2n) is 5.50. The van der Waals surface area contributed by atoms with Crippen LogP contribution in [-0.2, 0) is 22.4 Å². The molecule has 1 atom stereocenters. The van der Waals surface area contributed by atoms with E-state index in [-0.39, 0.29) is 12.4 Å². The zero-order valence-electron chi connectivity index (χ0n) is 13.0. The highest BCUT2D eigenvalue weighted by molar-refractivity contribution is 7.88. The van der Waals surface area contributed by atoms with Crippen LogP contribution in [0.5, 0.6) is 0 Å². The summed E-state index contributed by atoms with van der Waals surface area (Å²) in [5, 5.41) is 8.97. The number of hydrogen-bond donors (Lipinski definition) is 2. The van der Waals surface area contributed by atoms with Gasteiger partial charge in [-0.1, -0.05) is 57.4 Å². The minimum absolute atomic E-state index is 0.0110. The molecule has 1 aromatic rings. The van der Waals surface area contributed by atoms with Gasteiger partial charge in [0.05, 0.1) is 12.4 Å². The lowest BCUT2D eigenvalue weighted by Gasteiger charge is -2.15. The van der Waals surface area contributed by atoms with Gasteiger partial charge in [-0.15, -0.1) is 0 Å². The molecule has 0 bridgehead atoms. The third-order valence-electron chi connectivity index (χ3n) is 3.70. The van der Waals surface area contributed by atoms with Gasteiger partial charge in [-0.2, -0.15) is 0 Å². The van der Waals surface area contributed by atoms with Gasteiger partial charge in [0.2, 0.25) is 10.0 Å². The van der Waals surface area contributed by atoms with Crippen LogP contribution in [0.1, 0.15) is 50.7 Å². The Balaban J connectivity index is 2.52. The molecular formula is C16H27NO3S. The molecule has 0 aliphatic rings. The van der Waals surface area contributed by atoms with Crippen molar-refractivity contribution in [3.8, 4) is 0 Å². The molecule has 2 N–H and O–H groups in total. The molecule has 0 saturated carbocycles. The Labute approximate surface area is 128 Å². The maximum Gasteiger partial charge on any atom is 0.215 e. The van der Waals surface area contributed by atoms with E-state index in [2.05, 4.69) is 18.6 Å². The van der Waals surface area contributed by atoms with Crippen molar-refractivity contribution in [1.29, 1.82) is 0 Å². The summed E-state index contributed by atoms with van der Waals surface area (Å²) in [6.07, 6.45) is 4.34. The summed E-state index contributed by atoms with van der Waals surface area (Å²) in [4.78, 5) is 0. The molecule has 0 heterocycles. The van der Waals surface area contributed by atoms with Crippen LogP contribution in [0.4, 0.5) is 0 Å². The Morgan fingerprint density at radius 2 is 1.76 bits per heavy atom. The molecule has 21 heavy (non-hydrogen) atoms. The van der Waals surface area contributed by atoms with E-state index in [4.69, 9.17) is 5.11 Å². The van der Waals surface area contributed by atoms with Gasteiger partial charge in [-0.3, -0.25) is 0 Å². The van der Waals surface area contributed by atoms with Crippen molar-refractivity contribution in [2.45, 2.75) is 51.9 Å². The third-order valence-corrected chi connectivity index (χ3v) is 5.02. The smallest absolute Gasteiger partial charge is 0.215 e. The minimum atomic E-state index is -3.30. The highest BCUT2D eigenvalue weighted by atomic mass is 32.2. The average Bonchev–Trinajstić information content (AvgIpc) is 2.48. The highest BCUT2D eigenvalue weighted by Crippen LogP contribution is 2.13. The zero-order valence-corrected chi connectivity index (χ0v) is 13.8. The fraction of sp³-hybridized carbons (Fsp3) is 0.625. The molecule has 0 fully saturated rings. The zero-order chi connectivity index (χ0) is 15.7. The number of nitrogens with one attached hydrogen (secondary N) is 1. The number of aliphatic hydroxyl groups excluding tert-OH is 1. The normalized spacial score (nSPS) is 13.3. The second kappa shape index (κ2) is 9.18. The first-order valence-corrected chi connectivity index (χ1v) is 9.32. The van der Waals surface area contributed by atoms with Gasteiger partial charge in [0.1, 0.15) is 0 Å². The number of hydrogen-bond acceptors (Lipinski definition) is 3. The van der Waals surface area contributed by atoms with Crippen LogP contribution in [0.2, 0.25) is 0 Å². The molecule has 5 heteroatoms. The molecule has 0 aliphatic heterocycles. The van der Waals surface area contributed by atoms with Gasteiger partial charge >= 0.3 is 0 Å². The van der Waals surface area contributed by atoms with Crippen LogP contribution in [0.3, 0.4) is 0 Å². The molecule has 4 nitrogen and oxygen atoms in total. The minimum Gasteiger partial charge on any atom is -0.392 e. The summed E-state index contributed by atoms with van der Waals surface area (Å²) < 4.78 is 26.9. The lowest BCUT2D eigenvalue weighted by Crippen LogP contribution is -2.30. The number of rotatable bonds is 10. The topological polar surface area (TPSA) is 66.4 Å². The summed E-state index contributed by atoms with van der Waals surface area (Å²) in [6.45, 7) is 4.74. The van der Waals surface area contributed by atoms with Crippen molar-refractivity contribution in [2.24, 2.45) is 5.92 Å². The van der Waals surface area contributed by atoms with Crippen LogP contribution in [-0.4, -0.2) is 20.1 Å². The Morgan fingerprint density at radius 3 is 2.29 bits per heavy atom. The number of aliphatic hydroxyl groups is 1. The van der Waals surface area contributed by atoms with Gasteiger partial charge in [0, 0.05) is 6.54 Å². The van der Waals surface area contributed by atoms with E-state index in [0.717, 1.165) is 36.8 Å². The number of sulfonamides is 1. The van der Waals surface area contributed by atoms with Crippen molar-refractivity contribution in [3.05, 3.63) is 35.4 Å². The van der Waals surface area contributed by atoms with E-state index < -0.39 is 10.0 Å². The molecule has 0 spiro atoms. The molecule has 1 rings (SSSR count). The van der Waals surface area contributed by atoms with E-state index in [1.165, 1.54) is 0 Å². The third kappa shape index (κ3) is 7.07. The van der Waals surface area contributed by atoms with E-state index in [9.17, 15) is 8.42 Å². The molecule has 0 aromatic heterocycles. The highest BCUT2D eigenvalue weighted by Gasteiger charge is 2.14. The Hall–Kier alpha value is -0.910. The monoisotopic (exact) mass is 313 g/mol. The Morgan fingerprint density at radius 1 is 1.14 bits per heavy atom. The summed E-state index contributed by atoms with van der Waals surface area (Å²) in [6, 6.07) is 7.00.